The molecule has 0 fully saturated rings. The molecule has 0 bridgehead atoms. The van der Waals surface area contributed by atoms with Crippen LogP contribution in [0.4, 0.5) is 5.69 Å². The summed E-state index contributed by atoms with van der Waals surface area (Å²) in [6.07, 6.45) is -0.0972. The van der Waals surface area contributed by atoms with Crippen LogP contribution in [0.3, 0.4) is 0 Å². The lowest BCUT2D eigenvalue weighted by molar-refractivity contribution is -0.122. The number of thiazole rings is 1. The van der Waals surface area contributed by atoms with Crippen molar-refractivity contribution in [3.05, 3.63) is 52.1 Å². The smallest absolute Gasteiger partial charge is 0.308 e. The van der Waals surface area contributed by atoms with E-state index in [9.17, 15) is 9.59 Å². The SMILES string of the molecule is CC[C@H](Oc1ccc(OC)cc1)C(=O)Nc1ccc2c(c1)sc(=O)n2C(C)C. The molecule has 1 aromatic heterocycles. The molecular weight excluding hydrogens is 376 g/mol. The van der Waals surface area contributed by atoms with E-state index in [-0.39, 0.29) is 16.8 Å². The zero-order valence-electron chi connectivity index (χ0n) is 16.4. The Morgan fingerprint density at radius 1 is 1.14 bits per heavy atom. The number of ether oxygens (including phenoxy) is 2. The van der Waals surface area contributed by atoms with Crippen LogP contribution in [0, 0.1) is 0 Å². The van der Waals surface area contributed by atoms with Crippen molar-refractivity contribution in [2.75, 3.05) is 12.4 Å². The first-order valence-corrected chi connectivity index (χ1v) is 10.0. The van der Waals surface area contributed by atoms with Gasteiger partial charge in [0.1, 0.15) is 11.5 Å². The summed E-state index contributed by atoms with van der Waals surface area (Å²) in [6, 6.07) is 12.7. The molecule has 7 heteroatoms. The number of anilines is 1. The van der Waals surface area contributed by atoms with Gasteiger partial charge in [0.15, 0.2) is 6.10 Å². The molecular formula is C21H24N2O4S. The van der Waals surface area contributed by atoms with E-state index in [1.54, 1.807) is 35.9 Å². The lowest BCUT2D eigenvalue weighted by Crippen LogP contribution is -2.32. The zero-order chi connectivity index (χ0) is 20.3. The summed E-state index contributed by atoms with van der Waals surface area (Å²) in [7, 11) is 1.60. The fourth-order valence-electron chi connectivity index (χ4n) is 2.97. The van der Waals surface area contributed by atoms with E-state index in [0.717, 1.165) is 16.0 Å². The second kappa shape index (κ2) is 8.48. The molecule has 0 radical (unpaired) electrons. The number of amides is 1. The van der Waals surface area contributed by atoms with Gasteiger partial charge in [-0.1, -0.05) is 18.3 Å². The molecule has 0 aliphatic heterocycles. The Morgan fingerprint density at radius 3 is 2.43 bits per heavy atom. The van der Waals surface area contributed by atoms with E-state index in [2.05, 4.69) is 5.32 Å². The Morgan fingerprint density at radius 2 is 1.82 bits per heavy atom. The number of methoxy groups -OCH3 is 1. The highest BCUT2D eigenvalue weighted by atomic mass is 32.1. The van der Waals surface area contributed by atoms with Gasteiger partial charge in [-0.15, -0.1) is 0 Å². The zero-order valence-corrected chi connectivity index (χ0v) is 17.2. The first-order valence-electron chi connectivity index (χ1n) is 9.19. The monoisotopic (exact) mass is 400 g/mol. The average molecular weight is 401 g/mol. The summed E-state index contributed by atoms with van der Waals surface area (Å²) in [6.45, 7) is 5.85. The standard InChI is InChI=1S/C21H24N2O4S/c1-5-18(27-16-9-7-15(26-4)8-10-16)20(24)22-14-6-11-17-19(12-14)28-21(25)23(17)13(2)3/h6-13,18H,5H2,1-4H3,(H,22,24)/t18-/m0/s1. The number of carbonyl (C=O) groups is 1. The van der Waals surface area contributed by atoms with E-state index >= 15 is 0 Å². The minimum Gasteiger partial charge on any atom is -0.497 e. The lowest BCUT2D eigenvalue weighted by atomic mass is 10.2. The van der Waals surface area contributed by atoms with Gasteiger partial charge in [0.2, 0.25) is 0 Å². The van der Waals surface area contributed by atoms with Crippen molar-refractivity contribution in [2.45, 2.75) is 39.3 Å². The van der Waals surface area contributed by atoms with Gasteiger partial charge < -0.3 is 14.8 Å². The maximum Gasteiger partial charge on any atom is 0.308 e. The first-order chi connectivity index (χ1) is 13.4. The third-order valence-corrected chi connectivity index (χ3v) is 5.32. The summed E-state index contributed by atoms with van der Waals surface area (Å²) in [4.78, 5) is 24.8. The van der Waals surface area contributed by atoms with Crippen LogP contribution in [0.25, 0.3) is 10.2 Å². The molecule has 148 valence electrons. The van der Waals surface area contributed by atoms with Crippen molar-refractivity contribution >= 4 is 33.1 Å². The maximum absolute atomic E-state index is 12.7. The fraction of sp³-hybridized carbons (Fsp3) is 0.333. The quantitative estimate of drug-likeness (QED) is 0.636. The van der Waals surface area contributed by atoms with Crippen LogP contribution in [-0.2, 0) is 4.79 Å². The largest absolute Gasteiger partial charge is 0.497 e. The lowest BCUT2D eigenvalue weighted by Gasteiger charge is -2.17. The molecule has 0 spiro atoms. The van der Waals surface area contributed by atoms with Crippen molar-refractivity contribution in [1.29, 1.82) is 0 Å². The van der Waals surface area contributed by atoms with Crippen molar-refractivity contribution in [3.63, 3.8) is 0 Å². The molecule has 3 aromatic rings. The van der Waals surface area contributed by atoms with Gasteiger partial charge in [0, 0.05) is 11.7 Å². The van der Waals surface area contributed by atoms with Gasteiger partial charge in [0.05, 0.1) is 17.3 Å². The van der Waals surface area contributed by atoms with Crippen LogP contribution in [0.2, 0.25) is 0 Å². The second-order valence-electron chi connectivity index (χ2n) is 6.69. The molecule has 0 aliphatic rings. The summed E-state index contributed by atoms with van der Waals surface area (Å²) < 4.78 is 13.6. The Bertz CT molecular complexity index is 1020. The Hall–Kier alpha value is -2.80. The van der Waals surface area contributed by atoms with Crippen LogP contribution >= 0.6 is 11.3 Å². The molecule has 0 saturated carbocycles. The molecule has 0 unspecified atom stereocenters. The Labute approximate surface area is 167 Å². The first kappa shape index (κ1) is 19.9. The van der Waals surface area contributed by atoms with Gasteiger partial charge in [-0.25, -0.2) is 0 Å². The van der Waals surface area contributed by atoms with E-state index < -0.39 is 6.10 Å². The number of hydrogen-bond acceptors (Lipinski definition) is 5. The highest BCUT2D eigenvalue weighted by Gasteiger charge is 2.19. The molecule has 0 saturated heterocycles. The summed E-state index contributed by atoms with van der Waals surface area (Å²) in [5.74, 6) is 1.10. The number of carbonyl (C=O) groups excluding carboxylic acids is 1. The topological polar surface area (TPSA) is 69.6 Å². The molecule has 1 heterocycles. The predicted octanol–water partition coefficient (Wildman–Crippen LogP) is 4.45. The Kier molecular flexibility index (Phi) is 6.04. The van der Waals surface area contributed by atoms with Crippen LogP contribution < -0.4 is 19.7 Å². The molecule has 28 heavy (non-hydrogen) atoms. The number of rotatable bonds is 7. The van der Waals surface area contributed by atoms with Gasteiger partial charge in [-0.3, -0.25) is 14.2 Å². The van der Waals surface area contributed by atoms with Gasteiger partial charge in [-0.05, 0) is 62.7 Å². The van der Waals surface area contributed by atoms with E-state index in [1.807, 2.05) is 39.0 Å². The number of hydrogen-bond donors (Lipinski definition) is 1. The van der Waals surface area contributed by atoms with Crippen LogP contribution in [0.15, 0.2) is 47.3 Å². The van der Waals surface area contributed by atoms with Crippen molar-refractivity contribution < 1.29 is 14.3 Å². The summed E-state index contributed by atoms with van der Waals surface area (Å²) in [5, 5.41) is 2.89. The number of nitrogens with one attached hydrogen (secondary N) is 1. The van der Waals surface area contributed by atoms with Gasteiger partial charge in [-0.2, -0.15) is 0 Å². The third kappa shape index (κ3) is 4.20. The molecule has 0 aliphatic carbocycles. The number of aromatic nitrogens is 1. The fourth-order valence-corrected chi connectivity index (χ4v) is 4.02. The van der Waals surface area contributed by atoms with Crippen LogP contribution in [-0.4, -0.2) is 23.7 Å². The van der Waals surface area contributed by atoms with Crippen molar-refractivity contribution in [2.24, 2.45) is 0 Å². The van der Waals surface area contributed by atoms with Crippen LogP contribution in [0.5, 0.6) is 11.5 Å². The third-order valence-electron chi connectivity index (χ3n) is 4.40. The molecule has 1 N–H and O–H groups in total. The summed E-state index contributed by atoms with van der Waals surface area (Å²) >= 11 is 1.18. The van der Waals surface area contributed by atoms with Gasteiger partial charge in [0.25, 0.3) is 5.91 Å². The molecule has 1 amide bonds. The van der Waals surface area contributed by atoms with Crippen molar-refractivity contribution in [3.8, 4) is 11.5 Å². The van der Waals surface area contributed by atoms with E-state index in [1.165, 1.54) is 11.3 Å². The highest BCUT2D eigenvalue weighted by Crippen LogP contribution is 2.25. The van der Waals surface area contributed by atoms with Crippen LogP contribution in [0.1, 0.15) is 33.2 Å². The average Bonchev–Trinajstić information content (AvgIpc) is 3.01. The minimum absolute atomic E-state index is 0.00255. The number of nitrogens with zero attached hydrogens (tertiary/aromatic N) is 1. The maximum atomic E-state index is 12.7. The molecule has 2 aromatic carbocycles. The van der Waals surface area contributed by atoms with E-state index in [4.69, 9.17) is 9.47 Å². The molecule has 6 nitrogen and oxygen atoms in total. The van der Waals surface area contributed by atoms with Gasteiger partial charge >= 0.3 is 4.87 Å². The van der Waals surface area contributed by atoms with E-state index in [0.29, 0.717) is 17.9 Å². The number of fused-ring (bicyclic) bond motifs is 1. The second-order valence-corrected chi connectivity index (χ2v) is 7.69. The number of benzene rings is 2. The minimum atomic E-state index is -0.622. The molecule has 1 atom stereocenters. The molecule has 3 rings (SSSR count). The predicted molar refractivity (Wildman–Crippen MR) is 113 cm³/mol. The highest BCUT2D eigenvalue weighted by molar-refractivity contribution is 7.16. The normalized spacial score (nSPS) is 12.2. The summed E-state index contributed by atoms with van der Waals surface area (Å²) in [5.41, 5.74) is 1.52. The Balaban J connectivity index is 1.75. The van der Waals surface area contributed by atoms with Crippen molar-refractivity contribution in [1.82, 2.24) is 4.57 Å².